The number of imidazole rings is 1. The molecule has 2 aromatic rings. The van der Waals surface area contributed by atoms with Crippen molar-refractivity contribution in [3.63, 3.8) is 0 Å². The Kier molecular flexibility index (Phi) is 4.19. The van der Waals surface area contributed by atoms with E-state index in [0.717, 1.165) is 22.4 Å². The third kappa shape index (κ3) is 2.82. The molecule has 0 saturated carbocycles. The van der Waals surface area contributed by atoms with E-state index in [-0.39, 0.29) is 0 Å². The summed E-state index contributed by atoms with van der Waals surface area (Å²) in [6, 6.07) is 5.99. The van der Waals surface area contributed by atoms with Gasteiger partial charge in [0.15, 0.2) is 0 Å². The number of halogens is 1. The summed E-state index contributed by atoms with van der Waals surface area (Å²) in [6.07, 6.45) is 3.71. The summed E-state index contributed by atoms with van der Waals surface area (Å²) in [5, 5.41) is 10.3. The van der Waals surface area contributed by atoms with E-state index in [1.165, 1.54) is 5.56 Å². The van der Waals surface area contributed by atoms with Crippen LogP contribution in [0.2, 0.25) is 0 Å². The van der Waals surface area contributed by atoms with Crippen molar-refractivity contribution >= 4 is 15.9 Å². The lowest BCUT2D eigenvalue weighted by Gasteiger charge is -2.14. The summed E-state index contributed by atoms with van der Waals surface area (Å²) in [7, 11) is 0. The first-order valence-electron chi connectivity index (χ1n) is 6.06. The molecule has 18 heavy (non-hydrogen) atoms. The molecule has 2 rings (SSSR count). The van der Waals surface area contributed by atoms with Crippen LogP contribution in [0.4, 0.5) is 0 Å². The number of aliphatic hydroxyl groups is 1. The number of hydrogen-bond acceptors (Lipinski definition) is 2. The van der Waals surface area contributed by atoms with Crippen molar-refractivity contribution in [2.45, 2.75) is 32.9 Å². The van der Waals surface area contributed by atoms with Crippen molar-refractivity contribution in [1.29, 1.82) is 0 Å². The fraction of sp³-hybridized carbons (Fsp3) is 0.357. The summed E-state index contributed by atoms with van der Waals surface area (Å²) in [5.74, 6) is 0.914. The molecule has 0 radical (unpaired) electrons. The Hall–Kier alpha value is -1.13. The molecule has 0 spiro atoms. The van der Waals surface area contributed by atoms with Gasteiger partial charge in [-0.2, -0.15) is 0 Å². The zero-order valence-corrected chi connectivity index (χ0v) is 12.2. The molecule has 4 heteroatoms. The predicted molar refractivity (Wildman–Crippen MR) is 75.4 cm³/mol. The van der Waals surface area contributed by atoms with Crippen molar-refractivity contribution in [3.8, 4) is 0 Å². The number of benzene rings is 1. The van der Waals surface area contributed by atoms with Gasteiger partial charge in [0, 0.05) is 29.8 Å². The lowest BCUT2D eigenvalue weighted by atomic mass is 10.0. The molecular weight excluding hydrogens is 292 g/mol. The number of hydrogen-bond donors (Lipinski definition) is 1. The average molecular weight is 309 g/mol. The minimum Gasteiger partial charge on any atom is -0.388 e. The highest BCUT2D eigenvalue weighted by Crippen LogP contribution is 2.26. The summed E-state index contributed by atoms with van der Waals surface area (Å²) in [5.41, 5.74) is 2.08. The Morgan fingerprint density at radius 3 is 2.89 bits per heavy atom. The average Bonchev–Trinajstić information content (AvgIpc) is 2.76. The van der Waals surface area contributed by atoms with E-state index in [1.807, 2.05) is 35.9 Å². The van der Waals surface area contributed by atoms with Gasteiger partial charge in [-0.05, 0) is 31.0 Å². The standard InChI is InChI=1S/C14H17BrN2O/c1-3-17-7-6-16-14(17)9-13(18)11-5-4-10(2)8-12(11)15/h4-8,13,18H,3,9H2,1-2H3. The molecule has 0 bridgehead atoms. The quantitative estimate of drug-likeness (QED) is 0.941. The number of aliphatic hydroxyl groups excluding tert-OH is 1. The number of aromatic nitrogens is 2. The van der Waals surface area contributed by atoms with Crippen LogP contribution in [0.5, 0.6) is 0 Å². The van der Waals surface area contributed by atoms with E-state index in [9.17, 15) is 5.11 Å². The van der Waals surface area contributed by atoms with E-state index in [1.54, 1.807) is 6.20 Å². The molecule has 0 aliphatic heterocycles. The van der Waals surface area contributed by atoms with Crippen LogP contribution >= 0.6 is 15.9 Å². The Balaban J connectivity index is 2.19. The second-order valence-electron chi connectivity index (χ2n) is 4.37. The Labute approximate surface area is 116 Å². The molecule has 96 valence electrons. The van der Waals surface area contributed by atoms with Gasteiger partial charge in [0.2, 0.25) is 0 Å². The number of rotatable bonds is 4. The van der Waals surface area contributed by atoms with Crippen LogP contribution < -0.4 is 0 Å². The van der Waals surface area contributed by atoms with Crippen molar-refractivity contribution in [2.75, 3.05) is 0 Å². The third-order valence-electron chi connectivity index (χ3n) is 3.03. The molecule has 1 N–H and O–H groups in total. The first kappa shape index (κ1) is 13.3. The van der Waals surface area contributed by atoms with Crippen molar-refractivity contribution in [1.82, 2.24) is 9.55 Å². The highest BCUT2D eigenvalue weighted by atomic mass is 79.9. The molecule has 0 aliphatic carbocycles. The van der Waals surface area contributed by atoms with Crippen LogP contribution in [0.15, 0.2) is 35.1 Å². The lowest BCUT2D eigenvalue weighted by Crippen LogP contribution is -2.08. The summed E-state index contributed by atoms with van der Waals surface area (Å²) < 4.78 is 3.00. The Morgan fingerprint density at radius 1 is 1.44 bits per heavy atom. The van der Waals surface area contributed by atoms with Gasteiger partial charge in [-0.3, -0.25) is 0 Å². The minimum atomic E-state index is -0.535. The number of aryl methyl sites for hydroxylation is 2. The zero-order chi connectivity index (χ0) is 13.1. The van der Waals surface area contributed by atoms with Crippen molar-refractivity contribution in [3.05, 3.63) is 52.0 Å². The van der Waals surface area contributed by atoms with Crippen LogP contribution in [0.3, 0.4) is 0 Å². The third-order valence-corrected chi connectivity index (χ3v) is 3.72. The minimum absolute atomic E-state index is 0.530. The Morgan fingerprint density at radius 2 is 2.22 bits per heavy atom. The Bertz CT molecular complexity index is 536. The summed E-state index contributed by atoms with van der Waals surface area (Å²) >= 11 is 3.50. The summed E-state index contributed by atoms with van der Waals surface area (Å²) in [6.45, 7) is 4.97. The van der Waals surface area contributed by atoms with Crippen LogP contribution in [0.25, 0.3) is 0 Å². The van der Waals surface area contributed by atoms with Gasteiger partial charge in [-0.1, -0.05) is 28.1 Å². The van der Waals surface area contributed by atoms with E-state index in [2.05, 4.69) is 27.8 Å². The van der Waals surface area contributed by atoms with Gasteiger partial charge in [0.25, 0.3) is 0 Å². The van der Waals surface area contributed by atoms with Crippen LogP contribution in [-0.2, 0) is 13.0 Å². The summed E-state index contributed by atoms with van der Waals surface area (Å²) in [4.78, 5) is 4.29. The van der Waals surface area contributed by atoms with Gasteiger partial charge in [-0.25, -0.2) is 4.98 Å². The van der Waals surface area contributed by atoms with Gasteiger partial charge in [-0.15, -0.1) is 0 Å². The second-order valence-corrected chi connectivity index (χ2v) is 5.23. The monoisotopic (exact) mass is 308 g/mol. The lowest BCUT2D eigenvalue weighted by molar-refractivity contribution is 0.174. The topological polar surface area (TPSA) is 38.0 Å². The molecule has 1 heterocycles. The van der Waals surface area contributed by atoms with Gasteiger partial charge < -0.3 is 9.67 Å². The van der Waals surface area contributed by atoms with Crippen LogP contribution in [-0.4, -0.2) is 14.7 Å². The van der Waals surface area contributed by atoms with E-state index >= 15 is 0 Å². The molecule has 1 aromatic heterocycles. The molecule has 0 aliphatic rings. The van der Waals surface area contributed by atoms with E-state index < -0.39 is 6.10 Å². The fourth-order valence-corrected chi connectivity index (χ4v) is 2.76. The normalized spacial score (nSPS) is 12.7. The smallest absolute Gasteiger partial charge is 0.111 e. The van der Waals surface area contributed by atoms with Gasteiger partial charge in [0.05, 0.1) is 6.10 Å². The molecule has 1 aromatic carbocycles. The molecule has 3 nitrogen and oxygen atoms in total. The molecule has 1 unspecified atom stereocenters. The maximum Gasteiger partial charge on any atom is 0.111 e. The number of nitrogens with zero attached hydrogens (tertiary/aromatic N) is 2. The van der Waals surface area contributed by atoms with E-state index in [0.29, 0.717) is 6.42 Å². The largest absolute Gasteiger partial charge is 0.388 e. The first-order valence-corrected chi connectivity index (χ1v) is 6.85. The molecular formula is C14H17BrN2O. The predicted octanol–water partition coefficient (Wildman–Crippen LogP) is 3.25. The van der Waals surface area contributed by atoms with Crippen molar-refractivity contribution in [2.24, 2.45) is 0 Å². The maximum atomic E-state index is 10.3. The van der Waals surface area contributed by atoms with Gasteiger partial charge in [0.1, 0.15) is 5.82 Å². The maximum absolute atomic E-state index is 10.3. The molecule has 0 fully saturated rings. The van der Waals surface area contributed by atoms with Gasteiger partial charge >= 0.3 is 0 Å². The molecule has 0 saturated heterocycles. The second kappa shape index (κ2) is 5.67. The first-order chi connectivity index (χ1) is 8.61. The molecule has 0 amide bonds. The highest BCUT2D eigenvalue weighted by molar-refractivity contribution is 9.10. The SMILES string of the molecule is CCn1ccnc1CC(O)c1ccc(C)cc1Br. The van der Waals surface area contributed by atoms with Crippen LogP contribution in [0.1, 0.15) is 30.0 Å². The highest BCUT2D eigenvalue weighted by Gasteiger charge is 2.14. The van der Waals surface area contributed by atoms with Crippen molar-refractivity contribution < 1.29 is 5.11 Å². The van der Waals surface area contributed by atoms with Crippen LogP contribution in [0, 0.1) is 6.92 Å². The zero-order valence-electron chi connectivity index (χ0n) is 10.6. The van der Waals surface area contributed by atoms with E-state index in [4.69, 9.17) is 0 Å². The fourth-order valence-electron chi connectivity index (χ4n) is 2.00. The molecule has 1 atom stereocenters.